The molecule has 0 heterocycles. The fraction of sp³-hybridized carbons (Fsp3) is 0.294. The summed E-state index contributed by atoms with van der Waals surface area (Å²) in [6.07, 6.45) is 2.87. The van der Waals surface area contributed by atoms with Crippen molar-refractivity contribution in [2.45, 2.75) is 31.0 Å². The predicted molar refractivity (Wildman–Crippen MR) is 87.3 cm³/mol. The second-order valence-corrected chi connectivity index (χ2v) is 7.41. The lowest BCUT2D eigenvalue weighted by Crippen LogP contribution is -2.28. The molecule has 0 amide bonds. The van der Waals surface area contributed by atoms with Gasteiger partial charge >= 0.3 is 11.9 Å². The van der Waals surface area contributed by atoms with Crippen LogP contribution < -0.4 is 0 Å². The van der Waals surface area contributed by atoms with Crippen LogP contribution in [0.2, 0.25) is 0 Å². The molecule has 22 heavy (non-hydrogen) atoms. The Kier molecular flexibility index (Phi) is 4.86. The molecule has 0 atom stereocenters. The topological polar surface area (TPSA) is 52.6 Å². The molecule has 0 radical (unpaired) electrons. The first-order valence-corrected chi connectivity index (χ1v) is 7.68. The molecule has 4 nitrogen and oxygen atoms in total. The van der Waals surface area contributed by atoms with Crippen molar-refractivity contribution in [1.82, 2.24) is 0 Å². The Morgan fingerprint density at radius 1 is 1.14 bits per heavy atom. The fourth-order valence-electron chi connectivity index (χ4n) is 1.70. The van der Waals surface area contributed by atoms with Crippen LogP contribution in [0.1, 0.15) is 42.6 Å². The maximum Gasteiger partial charge on any atom is 0.343 e. The largest absolute Gasteiger partial charge is 0.426 e. The van der Waals surface area contributed by atoms with Crippen LogP contribution in [0, 0.1) is 0 Å². The van der Waals surface area contributed by atoms with Crippen LogP contribution in [-0.4, -0.2) is 16.3 Å². The zero-order valence-electron chi connectivity index (χ0n) is 12.5. The molecule has 1 aromatic carbocycles. The second kappa shape index (κ2) is 6.48. The number of halogens is 1. The summed E-state index contributed by atoms with van der Waals surface area (Å²) in [5.74, 6) is -0.0282. The molecular weight excluding hydrogens is 348 g/mol. The third-order valence-electron chi connectivity index (χ3n) is 3.19. The van der Waals surface area contributed by atoms with Gasteiger partial charge in [0.05, 0.1) is 5.56 Å². The van der Waals surface area contributed by atoms with Crippen molar-refractivity contribution in [2.24, 2.45) is 0 Å². The Balaban J connectivity index is 2.03. The van der Waals surface area contributed by atoms with Crippen LogP contribution in [0.5, 0.6) is 0 Å². The molecule has 0 N–H and O–H groups in total. The number of alkyl halides is 1. The van der Waals surface area contributed by atoms with Gasteiger partial charge < -0.3 is 9.47 Å². The van der Waals surface area contributed by atoms with Crippen LogP contribution in [0.25, 0.3) is 6.08 Å². The Morgan fingerprint density at radius 3 is 2.14 bits per heavy atom. The maximum absolute atomic E-state index is 12.0. The van der Waals surface area contributed by atoms with Crippen molar-refractivity contribution in [1.29, 1.82) is 0 Å². The highest BCUT2D eigenvalue weighted by Gasteiger charge is 2.31. The monoisotopic (exact) mass is 364 g/mol. The molecule has 0 saturated heterocycles. The van der Waals surface area contributed by atoms with Gasteiger partial charge in [0.1, 0.15) is 15.8 Å². The normalized spacial score (nSPS) is 14.1. The number of hydrogen-bond donors (Lipinski definition) is 0. The first-order chi connectivity index (χ1) is 10.3. The number of rotatable bonds is 5. The molecule has 0 saturated carbocycles. The second-order valence-electron chi connectivity index (χ2n) is 5.42. The SMILES string of the molecule is C=Cc1ccc(C(=O)OC2=C(OC(=O)C(C)(C)Br)CC2)cc1. The molecule has 1 aromatic rings. The van der Waals surface area contributed by atoms with Crippen LogP contribution in [0.4, 0.5) is 0 Å². The first-order valence-electron chi connectivity index (χ1n) is 6.89. The summed E-state index contributed by atoms with van der Waals surface area (Å²) in [4.78, 5) is 23.8. The Hall–Kier alpha value is -1.88. The molecule has 0 spiro atoms. The van der Waals surface area contributed by atoms with Crippen molar-refractivity contribution in [2.75, 3.05) is 0 Å². The lowest BCUT2D eigenvalue weighted by molar-refractivity contribution is -0.142. The van der Waals surface area contributed by atoms with Gasteiger partial charge in [-0.05, 0) is 31.5 Å². The lowest BCUT2D eigenvalue weighted by Gasteiger charge is -2.24. The number of carbonyl (C=O) groups is 2. The van der Waals surface area contributed by atoms with Gasteiger partial charge in [-0.1, -0.05) is 40.7 Å². The van der Waals surface area contributed by atoms with Gasteiger partial charge in [-0.15, -0.1) is 0 Å². The van der Waals surface area contributed by atoms with Gasteiger partial charge in [-0.3, -0.25) is 4.79 Å². The van der Waals surface area contributed by atoms with Crippen molar-refractivity contribution in [3.8, 4) is 0 Å². The van der Waals surface area contributed by atoms with Gasteiger partial charge in [0.2, 0.25) is 0 Å². The summed E-state index contributed by atoms with van der Waals surface area (Å²) >= 11 is 3.23. The third-order valence-corrected chi connectivity index (χ3v) is 3.51. The van der Waals surface area contributed by atoms with Crippen LogP contribution in [0.3, 0.4) is 0 Å². The number of benzene rings is 1. The number of allylic oxidation sites excluding steroid dienone is 2. The molecule has 0 fully saturated rings. The third kappa shape index (κ3) is 3.85. The average molecular weight is 365 g/mol. The van der Waals surface area contributed by atoms with E-state index in [-0.39, 0.29) is 0 Å². The van der Waals surface area contributed by atoms with E-state index < -0.39 is 16.3 Å². The fourth-order valence-corrected chi connectivity index (χ4v) is 1.79. The van der Waals surface area contributed by atoms with Gasteiger partial charge in [0, 0.05) is 12.8 Å². The summed E-state index contributed by atoms with van der Waals surface area (Å²) in [6.45, 7) is 7.05. The van der Waals surface area contributed by atoms with E-state index in [1.807, 2.05) is 0 Å². The number of carbonyl (C=O) groups excluding carboxylic acids is 2. The summed E-state index contributed by atoms with van der Waals surface area (Å²) in [6, 6.07) is 6.91. The minimum Gasteiger partial charge on any atom is -0.426 e. The van der Waals surface area contributed by atoms with E-state index in [2.05, 4.69) is 22.5 Å². The van der Waals surface area contributed by atoms with Crippen LogP contribution in [0.15, 0.2) is 42.4 Å². The van der Waals surface area contributed by atoms with E-state index >= 15 is 0 Å². The Labute approximate surface area is 137 Å². The van der Waals surface area contributed by atoms with E-state index in [1.165, 1.54) is 0 Å². The molecule has 0 bridgehead atoms. The molecule has 2 rings (SSSR count). The smallest absolute Gasteiger partial charge is 0.343 e. The molecule has 0 unspecified atom stereocenters. The summed E-state index contributed by atoms with van der Waals surface area (Å²) in [5, 5.41) is 0. The highest BCUT2D eigenvalue weighted by molar-refractivity contribution is 9.10. The van der Waals surface area contributed by atoms with Gasteiger partial charge in [-0.25, -0.2) is 4.79 Å². The maximum atomic E-state index is 12.0. The standard InChI is InChI=1S/C17H17BrO4/c1-4-11-5-7-12(8-6-11)15(19)21-13-9-10-14(13)22-16(20)17(2,3)18/h4-8H,1,9-10H2,2-3H3. The van der Waals surface area contributed by atoms with E-state index in [1.54, 1.807) is 44.2 Å². The van der Waals surface area contributed by atoms with Crippen molar-refractivity contribution in [3.63, 3.8) is 0 Å². The quantitative estimate of drug-likeness (QED) is 0.580. The molecule has 1 aliphatic carbocycles. The Morgan fingerprint density at radius 2 is 1.68 bits per heavy atom. The first kappa shape index (κ1) is 16.5. The van der Waals surface area contributed by atoms with E-state index in [4.69, 9.17) is 9.47 Å². The number of esters is 2. The predicted octanol–water partition coefficient (Wildman–Crippen LogP) is 4.21. The molecule has 116 valence electrons. The minimum atomic E-state index is -0.773. The summed E-state index contributed by atoms with van der Waals surface area (Å²) in [5.41, 5.74) is 1.37. The molecule has 5 heteroatoms. The lowest BCUT2D eigenvalue weighted by atomic mass is 10.1. The van der Waals surface area contributed by atoms with Crippen LogP contribution in [-0.2, 0) is 14.3 Å². The summed E-state index contributed by atoms with van der Waals surface area (Å²) in [7, 11) is 0. The highest BCUT2D eigenvalue weighted by atomic mass is 79.9. The van der Waals surface area contributed by atoms with E-state index in [0.29, 0.717) is 29.9 Å². The van der Waals surface area contributed by atoms with Gasteiger partial charge in [0.15, 0.2) is 0 Å². The van der Waals surface area contributed by atoms with Crippen LogP contribution >= 0.6 is 15.9 Å². The average Bonchev–Trinajstić information content (AvgIpc) is 2.47. The van der Waals surface area contributed by atoms with E-state index in [0.717, 1.165) is 5.56 Å². The zero-order valence-corrected chi connectivity index (χ0v) is 14.1. The van der Waals surface area contributed by atoms with Gasteiger partial charge in [0.25, 0.3) is 0 Å². The zero-order chi connectivity index (χ0) is 16.3. The molecule has 1 aliphatic rings. The van der Waals surface area contributed by atoms with Crippen molar-refractivity contribution >= 4 is 33.9 Å². The minimum absolute atomic E-state index is 0.411. The molecule has 0 aliphatic heterocycles. The van der Waals surface area contributed by atoms with Crippen molar-refractivity contribution in [3.05, 3.63) is 53.5 Å². The van der Waals surface area contributed by atoms with Crippen molar-refractivity contribution < 1.29 is 19.1 Å². The number of ether oxygens (including phenoxy) is 2. The summed E-state index contributed by atoms with van der Waals surface area (Å²) < 4.78 is 9.76. The van der Waals surface area contributed by atoms with Gasteiger partial charge in [-0.2, -0.15) is 0 Å². The Bertz CT molecular complexity index is 636. The molecular formula is C17H17BrO4. The van der Waals surface area contributed by atoms with E-state index in [9.17, 15) is 9.59 Å². The number of hydrogen-bond acceptors (Lipinski definition) is 4. The highest BCUT2D eigenvalue weighted by Crippen LogP contribution is 2.32. The molecule has 0 aromatic heterocycles.